The van der Waals surface area contributed by atoms with Crippen LogP contribution in [0.2, 0.25) is 0 Å². The third-order valence-electron chi connectivity index (χ3n) is 4.29. The molecule has 0 saturated carbocycles. The van der Waals surface area contributed by atoms with Crippen molar-refractivity contribution in [1.29, 1.82) is 0 Å². The van der Waals surface area contributed by atoms with Gasteiger partial charge in [-0.25, -0.2) is 0 Å². The van der Waals surface area contributed by atoms with Gasteiger partial charge in [0.1, 0.15) is 11.5 Å². The van der Waals surface area contributed by atoms with E-state index in [-0.39, 0.29) is 18.3 Å². The van der Waals surface area contributed by atoms with Gasteiger partial charge in [0.25, 0.3) is 0 Å². The van der Waals surface area contributed by atoms with Crippen LogP contribution in [0.5, 0.6) is 11.5 Å². The van der Waals surface area contributed by atoms with Crippen molar-refractivity contribution in [3.05, 3.63) is 23.8 Å². The molecule has 0 radical (unpaired) electrons. The second-order valence-electron chi connectivity index (χ2n) is 5.74. The lowest BCUT2D eigenvalue weighted by atomic mass is 9.96. The Labute approximate surface area is 144 Å². The van der Waals surface area contributed by atoms with E-state index in [0.29, 0.717) is 12.3 Å². The predicted molar refractivity (Wildman–Crippen MR) is 93.7 cm³/mol. The summed E-state index contributed by atoms with van der Waals surface area (Å²) >= 11 is 0. The number of nitrogens with zero attached hydrogens (tertiary/aromatic N) is 1. The molecule has 0 atom stereocenters. The average molecular weight is 343 g/mol. The highest BCUT2D eigenvalue weighted by atomic mass is 35.5. The van der Waals surface area contributed by atoms with Crippen LogP contribution in [0.3, 0.4) is 0 Å². The van der Waals surface area contributed by atoms with Crippen molar-refractivity contribution in [2.24, 2.45) is 5.92 Å². The van der Waals surface area contributed by atoms with Gasteiger partial charge >= 0.3 is 0 Å². The number of likely N-dealkylation sites (tertiary alicyclic amines) is 1. The van der Waals surface area contributed by atoms with Crippen LogP contribution < -0.4 is 14.8 Å². The molecule has 2 rings (SSSR count). The van der Waals surface area contributed by atoms with Crippen molar-refractivity contribution < 1.29 is 14.3 Å². The summed E-state index contributed by atoms with van der Waals surface area (Å²) in [6.07, 6.45) is 2.50. The van der Waals surface area contributed by atoms with Crippen LogP contribution in [0, 0.1) is 5.92 Å². The molecule has 5 nitrogen and oxygen atoms in total. The van der Waals surface area contributed by atoms with Gasteiger partial charge in [0.2, 0.25) is 5.91 Å². The van der Waals surface area contributed by atoms with Crippen molar-refractivity contribution in [3.8, 4) is 11.5 Å². The molecule has 1 heterocycles. The summed E-state index contributed by atoms with van der Waals surface area (Å²) in [6, 6.07) is 5.57. The first-order valence-corrected chi connectivity index (χ1v) is 7.81. The Kier molecular flexibility index (Phi) is 8.20. The molecule has 0 bridgehead atoms. The summed E-state index contributed by atoms with van der Waals surface area (Å²) in [5.74, 6) is 2.32. The van der Waals surface area contributed by atoms with Crippen molar-refractivity contribution in [2.75, 3.05) is 40.9 Å². The third kappa shape index (κ3) is 5.29. The molecular formula is C17H27ClN2O3. The lowest BCUT2D eigenvalue weighted by Gasteiger charge is -2.32. The summed E-state index contributed by atoms with van der Waals surface area (Å²) in [6.45, 7) is 2.72. The molecule has 130 valence electrons. The number of rotatable bonds is 6. The predicted octanol–water partition coefficient (Wildman–Crippen LogP) is 2.13. The van der Waals surface area contributed by atoms with E-state index in [9.17, 15) is 4.79 Å². The number of hydrogen-bond acceptors (Lipinski definition) is 4. The lowest BCUT2D eigenvalue weighted by Crippen LogP contribution is -2.41. The standard InChI is InChI=1S/C17H26N2O3.ClH/c1-18-12-13-6-8-19(9-7-13)17(20)11-14-10-15(21-2)4-5-16(14)22-3;/h4-5,10,13,18H,6-9,11-12H2,1-3H3;1H. The van der Waals surface area contributed by atoms with Crippen LogP contribution in [0.25, 0.3) is 0 Å². The molecule has 6 heteroatoms. The Balaban J connectivity index is 0.00000264. The maximum atomic E-state index is 12.5. The second-order valence-corrected chi connectivity index (χ2v) is 5.74. The molecule has 1 aliphatic heterocycles. The molecule has 1 aromatic rings. The van der Waals surface area contributed by atoms with Gasteiger partial charge in [0.15, 0.2) is 0 Å². The molecule has 1 amide bonds. The number of carbonyl (C=O) groups is 1. The Bertz CT molecular complexity index is 503. The van der Waals surface area contributed by atoms with E-state index in [0.717, 1.165) is 49.5 Å². The highest BCUT2D eigenvalue weighted by Crippen LogP contribution is 2.25. The smallest absolute Gasteiger partial charge is 0.227 e. The van der Waals surface area contributed by atoms with E-state index < -0.39 is 0 Å². The van der Waals surface area contributed by atoms with Gasteiger partial charge in [-0.15, -0.1) is 12.4 Å². The van der Waals surface area contributed by atoms with Crippen LogP contribution in [-0.4, -0.2) is 51.7 Å². The SMILES string of the molecule is CNCC1CCN(C(=O)Cc2cc(OC)ccc2OC)CC1.Cl. The molecule has 1 fully saturated rings. The molecule has 1 saturated heterocycles. The minimum Gasteiger partial charge on any atom is -0.497 e. The lowest BCUT2D eigenvalue weighted by molar-refractivity contribution is -0.131. The number of methoxy groups -OCH3 is 2. The summed E-state index contributed by atoms with van der Waals surface area (Å²) < 4.78 is 10.6. The van der Waals surface area contributed by atoms with Gasteiger partial charge in [-0.1, -0.05) is 0 Å². The molecule has 23 heavy (non-hydrogen) atoms. The first-order valence-electron chi connectivity index (χ1n) is 7.81. The largest absolute Gasteiger partial charge is 0.497 e. The van der Waals surface area contributed by atoms with Crippen LogP contribution in [0.15, 0.2) is 18.2 Å². The van der Waals surface area contributed by atoms with Crippen molar-refractivity contribution in [1.82, 2.24) is 10.2 Å². The van der Waals surface area contributed by atoms with Gasteiger partial charge in [-0.3, -0.25) is 4.79 Å². The fourth-order valence-corrected chi connectivity index (χ4v) is 2.97. The number of amides is 1. The van der Waals surface area contributed by atoms with Gasteiger partial charge in [0, 0.05) is 18.7 Å². The molecule has 1 aromatic carbocycles. The Morgan fingerprint density at radius 2 is 1.96 bits per heavy atom. The van der Waals surface area contributed by atoms with Crippen LogP contribution in [-0.2, 0) is 11.2 Å². The normalized spacial score (nSPS) is 15.0. The van der Waals surface area contributed by atoms with E-state index in [1.165, 1.54) is 0 Å². The maximum Gasteiger partial charge on any atom is 0.227 e. The molecule has 0 spiro atoms. The summed E-state index contributed by atoms with van der Waals surface area (Å²) in [5.41, 5.74) is 0.879. The molecule has 0 unspecified atom stereocenters. The molecule has 0 aromatic heterocycles. The quantitative estimate of drug-likeness (QED) is 0.860. The number of halogens is 1. The molecule has 0 aliphatic carbocycles. The highest BCUT2D eigenvalue weighted by molar-refractivity contribution is 5.85. The summed E-state index contributed by atoms with van der Waals surface area (Å²) in [5, 5.41) is 3.22. The first-order chi connectivity index (χ1) is 10.7. The number of hydrogen-bond donors (Lipinski definition) is 1. The number of carbonyl (C=O) groups excluding carboxylic acids is 1. The van der Waals surface area contributed by atoms with E-state index in [2.05, 4.69) is 5.32 Å². The highest BCUT2D eigenvalue weighted by Gasteiger charge is 2.23. The fourth-order valence-electron chi connectivity index (χ4n) is 2.97. The van der Waals surface area contributed by atoms with Crippen LogP contribution in [0.1, 0.15) is 18.4 Å². The van der Waals surface area contributed by atoms with E-state index in [4.69, 9.17) is 9.47 Å². The Morgan fingerprint density at radius 1 is 1.26 bits per heavy atom. The zero-order valence-corrected chi connectivity index (χ0v) is 14.9. The number of nitrogens with one attached hydrogen (secondary N) is 1. The molecule has 1 N–H and O–H groups in total. The van der Waals surface area contributed by atoms with E-state index in [1.54, 1.807) is 14.2 Å². The van der Waals surface area contributed by atoms with E-state index >= 15 is 0 Å². The Morgan fingerprint density at radius 3 is 2.52 bits per heavy atom. The number of benzene rings is 1. The van der Waals surface area contributed by atoms with Crippen molar-refractivity contribution >= 4 is 18.3 Å². The molecule has 1 aliphatic rings. The average Bonchev–Trinajstić information content (AvgIpc) is 2.55. The second kappa shape index (κ2) is 9.63. The number of piperidine rings is 1. The van der Waals surface area contributed by atoms with Gasteiger partial charge in [0.05, 0.1) is 20.6 Å². The maximum absolute atomic E-state index is 12.5. The summed E-state index contributed by atoms with van der Waals surface area (Å²) in [4.78, 5) is 14.5. The topological polar surface area (TPSA) is 50.8 Å². The van der Waals surface area contributed by atoms with Gasteiger partial charge in [-0.05, 0) is 50.6 Å². The van der Waals surface area contributed by atoms with Gasteiger partial charge in [-0.2, -0.15) is 0 Å². The van der Waals surface area contributed by atoms with Crippen molar-refractivity contribution in [2.45, 2.75) is 19.3 Å². The fraction of sp³-hybridized carbons (Fsp3) is 0.588. The zero-order chi connectivity index (χ0) is 15.9. The molecular weight excluding hydrogens is 316 g/mol. The minimum atomic E-state index is 0. The third-order valence-corrected chi connectivity index (χ3v) is 4.29. The van der Waals surface area contributed by atoms with Gasteiger partial charge < -0.3 is 19.7 Å². The van der Waals surface area contributed by atoms with Crippen LogP contribution in [0.4, 0.5) is 0 Å². The van der Waals surface area contributed by atoms with Crippen molar-refractivity contribution in [3.63, 3.8) is 0 Å². The minimum absolute atomic E-state index is 0. The van der Waals surface area contributed by atoms with Crippen LogP contribution >= 0.6 is 12.4 Å². The first kappa shape index (κ1) is 19.6. The zero-order valence-electron chi connectivity index (χ0n) is 14.1. The summed E-state index contributed by atoms with van der Waals surface area (Å²) in [7, 11) is 5.23. The number of ether oxygens (including phenoxy) is 2. The monoisotopic (exact) mass is 342 g/mol. The van der Waals surface area contributed by atoms with E-state index in [1.807, 2.05) is 30.1 Å². The Hall–Kier alpha value is -1.46.